The zero-order chi connectivity index (χ0) is 17.5. The fraction of sp³-hybridized carbons (Fsp3) is 0.375. The van der Waals surface area contributed by atoms with Crippen molar-refractivity contribution in [1.29, 1.82) is 0 Å². The van der Waals surface area contributed by atoms with E-state index in [1.165, 1.54) is 18.4 Å². The molecule has 2 aromatic rings. The third-order valence-corrected chi connectivity index (χ3v) is 4.30. The lowest BCUT2D eigenvalue weighted by Crippen LogP contribution is -2.28. The number of thiazole rings is 1. The average Bonchev–Trinajstić information content (AvgIpc) is 3.07. The molecular weight excluding hydrogens is 330 g/mol. The number of carbonyl (C=O) groups excluding carboxylic acids is 1. The molecule has 4 N–H and O–H groups in total. The number of nitrogens with two attached hydrogens (primary N) is 1. The summed E-state index contributed by atoms with van der Waals surface area (Å²) in [5.41, 5.74) is 6.34. The van der Waals surface area contributed by atoms with Crippen molar-refractivity contribution in [3.05, 3.63) is 39.8 Å². The molecule has 0 aliphatic heterocycles. The third kappa shape index (κ3) is 4.44. The van der Waals surface area contributed by atoms with Crippen LogP contribution >= 0.6 is 11.3 Å². The first kappa shape index (κ1) is 18.2. The van der Waals surface area contributed by atoms with Crippen LogP contribution in [0.2, 0.25) is 0 Å². The number of aliphatic hydroxyl groups excluding tert-OH is 1. The van der Waals surface area contributed by atoms with E-state index in [-0.39, 0.29) is 12.5 Å². The molecule has 2 rings (SSSR count). The van der Waals surface area contributed by atoms with Gasteiger partial charge in [-0.05, 0) is 24.7 Å². The Kier molecular flexibility index (Phi) is 6.53. The smallest absolute Gasteiger partial charge is 0.270 e. The monoisotopic (exact) mass is 351 g/mol. The topological polar surface area (TPSA) is 107 Å². The Morgan fingerprint density at radius 2 is 2.21 bits per heavy atom. The fourth-order valence-electron chi connectivity index (χ4n) is 2.14. The maximum Gasteiger partial charge on any atom is 0.270 e. The van der Waals surface area contributed by atoms with Crippen molar-refractivity contribution in [2.24, 2.45) is 5.73 Å². The first-order chi connectivity index (χ1) is 11.6. The number of carbonyl (C=O) groups is 1. The Morgan fingerprint density at radius 3 is 2.88 bits per heavy atom. The normalized spacial score (nSPS) is 11.8. The number of benzene rings is 1. The third-order valence-electron chi connectivity index (χ3n) is 3.39. The molecule has 24 heavy (non-hydrogen) atoms. The summed E-state index contributed by atoms with van der Waals surface area (Å²) >= 11 is 1.39. The van der Waals surface area contributed by atoms with E-state index in [2.05, 4.69) is 10.3 Å². The van der Waals surface area contributed by atoms with Gasteiger partial charge in [0.15, 0.2) is 0 Å². The first-order valence-corrected chi connectivity index (χ1v) is 8.29. The second-order valence-corrected chi connectivity index (χ2v) is 5.94. The van der Waals surface area contributed by atoms with Gasteiger partial charge in [0.05, 0.1) is 19.2 Å². The van der Waals surface area contributed by atoms with Gasteiger partial charge in [0, 0.05) is 23.9 Å². The minimum atomic E-state index is -0.929. The van der Waals surface area contributed by atoms with Gasteiger partial charge in [0.2, 0.25) is 0 Å². The van der Waals surface area contributed by atoms with Crippen molar-refractivity contribution in [3.63, 3.8) is 0 Å². The van der Waals surface area contributed by atoms with Crippen LogP contribution in [0.25, 0.3) is 0 Å². The average molecular weight is 351 g/mol. The fourth-order valence-corrected chi connectivity index (χ4v) is 2.94. The van der Waals surface area contributed by atoms with Crippen molar-refractivity contribution >= 4 is 17.2 Å². The number of aromatic nitrogens is 1. The van der Waals surface area contributed by atoms with E-state index in [4.69, 9.17) is 15.2 Å². The van der Waals surface area contributed by atoms with Gasteiger partial charge in [0.1, 0.15) is 23.3 Å². The number of hydrogen-bond donors (Lipinski definition) is 3. The highest BCUT2D eigenvalue weighted by Crippen LogP contribution is 2.29. The van der Waals surface area contributed by atoms with Crippen LogP contribution < -0.4 is 20.5 Å². The molecule has 7 nitrogen and oxygen atoms in total. The molecule has 0 bridgehead atoms. The molecule has 1 unspecified atom stereocenters. The highest BCUT2D eigenvalue weighted by molar-refractivity contribution is 7.09. The van der Waals surface area contributed by atoms with Crippen LogP contribution in [0.4, 0.5) is 0 Å². The van der Waals surface area contributed by atoms with E-state index in [0.717, 1.165) is 5.01 Å². The standard InChI is InChI=1S/C16H21N3O4S/c1-22-10-3-4-14(23-2)11(7-10)13(20)8-18-16(21)12-9-24-15(19-12)5-6-17/h3-4,7,9,13,20H,5-6,8,17H2,1-2H3,(H,18,21). The summed E-state index contributed by atoms with van der Waals surface area (Å²) in [4.78, 5) is 16.3. The molecule has 0 spiro atoms. The number of nitrogens with one attached hydrogen (secondary N) is 1. The van der Waals surface area contributed by atoms with Gasteiger partial charge < -0.3 is 25.6 Å². The lowest BCUT2D eigenvalue weighted by molar-refractivity contribution is 0.0910. The van der Waals surface area contributed by atoms with Gasteiger partial charge in [-0.1, -0.05) is 0 Å². The van der Waals surface area contributed by atoms with Crippen LogP contribution in [0.3, 0.4) is 0 Å². The van der Waals surface area contributed by atoms with Gasteiger partial charge >= 0.3 is 0 Å². The van der Waals surface area contributed by atoms with Gasteiger partial charge in [-0.15, -0.1) is 11.3 Å². The Bertz CT molecular complexity index is 690. The van der Waals surface area contributed by atoms with Crippen molar-refractivity contribution in [2.45, 2.75) is 12.5 Å². The number of nitrogens with zero attached hydrogens (tertiary/aromatic N) is 1. The molecule has 8 heteroatoms. The second-order valence-electron chi connectivity index (χ2n) is 5.00. The predicted octanol–water partition coefficient (Wildman–Crippen LogP) is 1.12. The molecular formula is C16H21N3O4S. The summed E-state index contributed by atoms with van der Waals surface area (Å²) in [6, 6.07) is 5.12. The largest absolute Gasteiger partial charge is 0.497 e. The highest BCUT2D eigenvalue weighted by atomic mass is 32.1. The lowest BCUT2D eigenvalue weighted by atomic mass is 10.1. The molecule has 1 amide bonds. The van der Waals surface area contributed by atoms with E-state index in [0.29, 0.717) is 35.7 Å². The number of rotatable bonds is 8. The molecule has 1 atom stereocenters. The number of hydrogen-bond acceptors (Lipinski definition) is 7. The molecule has 0 saturated carbocycles. The maximum absolute atomic E-state index is 12.1. The Balaban J connectivity index is 2.01. The van der Waals surface area contributed by atoms with E-state index >= 15 is 0 Å². The number of ether oxygens (including phenoxy) is 2. The summed E-state index contributed by atoms with van der Waals surface area (Å²) in [5.74, 6) is 0.786. The van der Waals surface area contributed by atoms with Crippen molar-refractivity contribution < 1.29 is 19.4 Å². The molecule has 130 valence electrons. The molecule has 0 radical (unpaired) electrons. The van der Waals surface area contributed by atoms with Crippen LogP contribution in [0.5, 0.6) is 11.5 Å². The van der Waals surface area contributed by atoms with Crippen LogP contribution in [0, 0.1) is 0 Å². The minimum Gasteiger partial charge on any atom is -0.497 e. The van der Waals surface area contributed by atoms with Crippen LogP contribution in [-0.4, -0.2) is 43.3 Å². The van der Waals surface area contributed by atoms with Crippen molar-refractivity contribution in [1.82, 2.24) is 10.3 Å². The molecule has 1 heterocycles. The minimum absolute atomic E-state index is 0.0338. The van der Waals surface area contributed by atoms with E-state index < -0.39 is 6.10 Å². The number of amides is 1. The van der Waals surface area contributed by atoms with Gasteiger partial charge in [-0.3, -0.25) is 4.79 Å². The maximum atomic E-state index is 12.1. The highest BCUT2D eigenvalue weighted by Gasteiger charge is 2.17. The van der Waals surface area contributed by atoms with Gasteiger partial charge in [0.25, 0.3) is 5.91 Å². The van der Waals surface area contributed by atoms with Crippen LogP contribution in [0.15, 0.2) is 23.6 Å². The summed E-state index contributed by atoms with van der Waals surface area (Å²) in [6.45, 7) is 0.523. The lowest BCUT2D eigenvalue weighted by Gasteiger charge is -2.16. The number of methoxy groups -OCH3 is 2. The van der Waals surface area contributed by atoms with Crippen LogP contribution in [-0.2, 0) is 6.42 Å². The molecule has 0 fully saturated rings. The Hall–Kier alpha value is -2.16. The van der Waals surface area contributed by atoms with Crippen molar-refractivity contribution in [2.75, 3.05) is 27.3 Å². The zero-order valence-corrected chi connectivity index (χ0v) is 14.4. The molecule has 0 aliphatic rings. The predicted molar refractivity (Wildman–Crippen MR) is 91.7 cm³/mol. The summed E-state index contributed by atoms with van der Waals surface area (Å²) in [5, 5.41) is 15.5. The summed E-state index contributed by atoms with van der Waals surface area (Å²) in [6.07, 6.45) is -0.289. The number of aliphatic hydroxyl groups is 1. The van der Waals surface area contributed by atoms with Crippen molar-refractivity contribution in [3.8, 4) is 11.5 Å². The van der Waals surface area contributed by atoms with Gasteiger partial charge in [-0.25, -0.2) is 4.98 Å². The van der Waals surface area contributed by atoms with E-state index in [1.807, 2.05) is 0 Å². The molecule has 0 saturated heterocycles. The van der Waals surface area contributed by atoms with E-state index in [1.54, 1.807) is 30.7 Å². The van der Waals surface area contributed by atoms with Gasteiger partial charge in [-0.2, -0.15) is 0 Å². The Labute approximate surface area is 144 Å². The first-order valence-electron chi connectivity index (χ1n) is 7.41. The molecule has 1 aromatic carbocycles. The Morgan fingerprint density at radius 1 is 1.42 bits per heavy atom. The molecule has 1 aromatic heterocycles. The SMILES string of the molecule is COc1ccc(OC)c(C(O)CNC(=O)c2csc(CCN)n2)c1. The second kappa shape index (κ2) is 8.62. The summed E-state index contributed by atoms with van der Waals surface area (Å²) in [7, 11) is 3.06. The quantitative estimate of drug-likeness (QED) is 0.658. The zero-order valence-electron chi connectivity index (χ0n) is 13.6. The van der Waals surface area contributed by atoms with Crippen LogP contribution in [0.1, 0.15) is 27.2 Å². The van der Waals surface area contributed by atoms with E-state index in [9.17, 15) is 9.90 Å². The summed E-state index contributed by atoms with van der Waals surface area (Å²) < 4.78 is 10.4. The molecule has 0 aliphatic carbocycles.